The molecule has 0 spiro atoms. The first-order valence-electron chi connectivity index (χ1n) is 6.00. The van der Waals surface area contributed by atoms with Crippen molar-refractivity contribution in [1.82, 2.24) is 4.90 Å². The molecule has 1 saturated carbocycles. The molecule has 0 saturated heterocycles. The van der Waals surface area contributed by atoms with Gasteiger partial charge in [-0.1, -0.05) is 13.8 Å². The van der Waals surface area contributed by atoms with Crippen LogP contribution in [0.1, 0.15) is 40.0 Å². The maximum Gasteiger partial charge on any atom is 0.303 e. The monoisotopic (exact) mass is 213 g/mol. The molecule has 0 radical (unpaired) electrons. The van der Waals surface area contributed by atoms with Gasteiger partial charge in [0.15, 0.2) is 0 Å². The van der Waals surface area contributed by atoms with Crippen LogP contribution < -0.4 is 0 Å². The second-order valence-corrected chi connectivity index (χ2v) is 4.85. The summed E-state index contributed by atoms with van der Waals surface area (Å²) in [6, 6.07) is 0.381. The summed E-state index contributed by atoms with van der Waals surface area (Å²) >= 11 is 0. The van der Waals surface area contributed by atoms with Gasteiger partial charge in [-0.05, 0) is 38.1 Å². The summed E-state index contributed by atoms with van der Waals surface area (Å²) in [6.45, 7) is 8.53. The second-order valence-electron chi connectivity index (χ2n) is 4.85. The molecule has 3 nitrogen and oxygen atoms in total. The van der Waals surface area contributed by atoms with Crippen LogP contribution in [-0.2, 0) is 4.79 Å². The molecule has 0 heterocycles. The minimum absolute atomic E-state index is 0.237. The number of nitrogens with zero attached hydrogens (tertiary/aromatic N) is 1. The Bertz CT molecular complexity index is 214. The third kappa shape index (κ3) is 4.20. The lowest BCUT2D eigenvalue weighted by molar-refractivity contribution is -0.138. The molecule has 0 aromatic carbocycles. The summed E-state index contributed by atoms with van der Waals surface area (Å²) in [5.74, 6) is 0.433. The molecule has 3 heteroatoms. The Hall–Kier alpha value is -0.570. The van der Waals surface area contributed by atoms with Crippen LogP contribution in [0.5, 0.6) is 0 Å². The lowest BCUT2D eigenvalue weighted by Gasteiger charge is -2.31. The molecule has 2 unspecified atom stereocenters. The Balaban J connectivity index is 2.38. The molecule has 1 N–H and O–H groups in total. The van der Waals surface area contributed by atoms with E-state index in [0.29, 0.717) is 6.04 Å². The van der Waals surface area contributed by atoms with Crippen LogP contribution in [0.4, 0.5) is 0 Å². The van der Waals surface area contributed by atoms with Crippen molar-refractivity contribution in [1.29, 1.82) is 0 Å². The Morgan fingerprint density at radius 2 is 2.07 bits per heavy atom. The summed E-state index contributed by atoms with van der Waals surface area (Å²) in [5.41, 5.74) is 0. The predicted molar refractivity (Wildman–Crippen MR) is 60.8 cm³/mol. The van der Waals surface area contributed by atoms with Crippen molar-refractivity contribution in [2.45, 2.75) is 46.1 Å². The van der Waals surface area contributed by atoms with Gasteiger partial charge in [-0.15, -0.1) is 0 Å². The highest BCUT2D eigenvalue weighted by atomic mass is 16.4. The maximum absolute atomic E-state index is 10.6. The van der Waals surface area contributed by atoms with E-state index in [1.165, 1.54) is 12.8 Å². The first-order chi connectivity index (χ1) is 7.04. The van der Waals surface area contributed by atoms with E-state index in [4.69, 9.17) is 5.11 Å². The highest BCUT2D eigenvalue weighted by Crippen LogP contribution is 2.31. The van der Waals surface area contributed by atoms with Gasteiger partial charge in [0.2, 0.25) is 0 Å². The highest BCUT2D eigenvalue weighted by Gasteiger charge is 2.28. The summed E-state index contributed by atoms with van der Waals surface area (Å²) in [6.07, 6.45) is 3.00. The molecule has 15 heavy (non-hydrogen) atoms. The zero-order valence-corrected chi connectivity index (χ0v) is 10.1. The molecule has 2 atom stereocenters. The largest absolute Gasteiger partial charge is 0.481 e. The van der Waals surface area contributed by atoms with Gasteiger partial charge < -0.3 is 10.0 Å². The van der Waals surface area contributed by atoms with Gasteiger partial charge in [0.25, 0.3) is 0 Å². The van der Waals surface area contributed by atoms with Gasteiger partial charge in [-0.25, -0.2) is 0 Å². The summed E-state index contributed by atoms with van der Waals surface area (Å²) < 4.78 is 0. The number of carboxylic acid groups (broad SMARTS) is 1. The van der Waals surface area contributed by atoms with E-state index < -0.39 is 5.97 Å². The first kappa shape index (κ1) is 12.5. The van der Waals surface area contributed by atoms with Crippen LogP contribution in [0.15, 0.2) is 0 Å². The van der Waals surface area contributed by atoms with Gasteiger partial charge >= 0.3 is 5.97 Å². The zero-order valence-electron chi connectivity index (χ0n) is 10.1. The fraction of sp³-hybridized carbons (Fsp3) is 0.917. The van der Waals surface area contributed by atoms with Gasteiger partial charge in [0, 0.05) is 19.0 Å². The average Bonchev–Trinajstić information content (AvgIpc) is 2.95. The molecule has 1 aliphatic carbocycles. The van der Waals surface area contributed by atoms with Crippen LogP contribution in [0.25, 0.3) is 0 Å². The van der Waals surface area contributed by atoms with Crippen LogP contribution in [-0.4, -0.2) is 35.1 Å². The highest BCUT2D eigenvalue weighted by molar-refractivity contribution is 5.67. The standard InChI is InChI=1S/C12H23NO2/c1-4-13(8-11-5-6-11)10(3)9(2)7-12(14)15/h9-11H,4-8H2,1-3H3,(H,14,15). The van der Waals surface area contributed by atoms with E-state index in [1.807, 2.05) is 6.92 Å². The normalized spacial score (nSPS) is 20.3. The molecule has 1 fully saturated rings. The van der Waals surface area contributed by atoms with E-state index in [2.05, 4.69) is 18.7 Å². The summed E-state index contributed by atoms with van der Waals surface area (Å²) in [4.78, 5) is 13.1. The minimum Gasteiger partial charge on any atom is -0.481 e. The topological polar surface area (TPSA) is 40.5 Å². The fourth-order valence-corrected chi connectivity index (χ4v) is 2.02. The SMILES string of the molecule is CCN(CC1CC1)C(C)C(C)CC(=O)O. The van der Waals surface area contributed by atoms with E-state index in [9.17, 15) is 4.79 Å². The van der Waals surface area contributed by atoms with Crippen molar-refractivity contribution in [2.24, 2.45) is 11.8 Å². The molecule has 0 aromatic rings. The molecular formula is C12H23NO2. The van der Waals surface area contributed by atoms with Crippen LogP contribution in [0.3, 0.4) is 0 Å². The minimum atomic E-state index is -0.683. The zero-order chi connectivity index (χ0) is 11.4. The third-order valence-electron chi connectivity index (χ3n) is 3.49. The molecule has 0 amide bonds. The molecule has 0 aliphatic heterocycles. The number of rotatable bonds is 7. The molecule has 0 aromatic heterocycles. The second kappa shape index (κ2) is 5.50. The molecule has 1 aliphatic rings. The van der Waals surface area contributed by atoms with Gasteiger partial charge in [-0.2, -0.15) is 0 Å². The van der Waals surface area contributed by atoms with Crippen LogP contribution in [0, 0.1) is 11.8 Å². The lowest BCUT2D eigenvalue weighted by atomic mass is 9.98. The molecule has 88 valence electrons. The number of hydrogen-bond donors (Lipinski definition) is 1. The lowest BCUT2D eigenvalue weighted by Crippen LogP contribution is -2.39. The van der Waals surface area contributed by atoms with E-state index >= 15 is 0 Å². The van der Waals surface area contributed by atoms with E-state index in [-0.39, 0.29) is 12.3 Å². The molecular weight excluding hydrogens is 190 g/mol. The smallest absolute Gasteiger partial charge is 0.303 e. The van der Waals surface area contributed by atoms with Gasteiger partial charge in [0.1, 0.15) is 0 Å². The molecule has 0 bridgehead atoms. The Morgan fingerprint density at radius 1 is 1.47 bits per heavy atom. The van der Waals surface area contributed by atoms with Crippen molar-refractivity contribution in [3.05, 3.63) is 0 Å². The van der Waals surface area contributed by atoms with Gasteiger partial charge in [-0.3, -0.25) is 4.79 Å². The first-order valence-corrected chi connectivity index (χ1v) is 6.00. The van der Waals surface area contributed by atoms with E-state index in [0.717, 1.165) is 19.0 Å². The van der Waals surface area contributed by atoms with Gasteiger partial charge in [0.05, 0.1) is 0 Å². The van der Waals surface area contributed by atoms with Crippen molar-refractivity contribution in [3.8, 4) is 0 Å². The van der Waals surface area contributed by atoms with Crippen molar-refractivity contribution in [2.75, 3.05) is 13.1 Å². The van der Waals surface area contributed by atoms with E-state index in [1.54, 1.807) is 0 Å². The molecule has 1 rings (SSSR count). The third-order valence-corrected chi connectivity index (χ3v) is 3.49. The summed E-state index contributed by atoms with van der Waals surface area (Å²) in [5, 5.41) is 8.76. The Kier molecular flexibility index (Phi) is 4.58. The number of carboxylic acids is 1. The fourth-order valence-electron chi connectivity index (χ4n) is 2.02. The van der Waals surface area contributed by atoms with Crippen LogP contribution in [0.2, 0.25) is 0 Å². The number of carbonyl (C=O) groups is 1. The van der Waals surface area contributed by atoms with Crippen LogP contribution >= 0.6 is 0 Å². The Morgan fingerprint density at radius 3 is 2.47 bits per heavy atom. The van der Waals surface area contributed by atoms with Crippen molar-refractivity contribution < 1.29 is 9.90 Å². The Labute approximate surface area is 92.5 Å². The quantitative estimate of drug-likeness (QED) is 0.705. The van der Waals surface area contributed by atoms with Crippen molar-refractivity contribution in [3.63, 3.8) is 0 Å². The van der Waals surface area contributed by atoms with Crippen molar-refractivity contribution >= 4 is 5.97 Å². The number of aliphatic carboxylic acids is 1. The average molecular weight is 213 g/mol. The summed E-state index contributed by atoms with van der Waals surface area (Å²) in [7, 11) is 0. The maximum atomic E-state index is 10.6. The number of hydrogen-bond acceptors (Lipinski definition) is 2. The predicted octanol–water partition coefficient (Wildman–Crippen LogP) is 2.22.